The molecule has 2 bridgehead atoms. The van der Waals surface area contributed by atoms with Crippen LogP contribution in [0, 0.1) is 28.6 Å². The van der Waals surface area contributed by atoms with Gasteiger partial charge >= 0.3 is 0 Å². The van der Waals surface area contributed by atoms with Crippen molar-refractivity contribution in [3.8, 4) is 0 Å². The molecular weight excluding hydrogens is 172 g/mol. The number of fused-ring (bicyclic) bond motifs is 1. The standard InChI is InChI=1S/C13H22O/c1-4-13-6-8-9(5-11(13)14)12(2,3)10(8)7-13/h8-11,14H,4-7H2,1-3H3. The second-order valence-electron chi connectivity index (χ2n) is 6.57. The summed E-state index contributed by atoms with van der Waals surface area (Å²) in [5.41, 5.74) is 0.846. The molecule has 0 heterocycles. The molecule has 3 saturated carbocycles. The van der Waals surface area contributed by atoms with Crippen molar-refractivity contribution >= 4 is 0 Å². The van der Waals surface area contributed by atoms with Gasteiger partial charge in [0.05, 0.1) is 6.10 Å². The molecule has 0 amide bonds. The van der Waals surface area contributed by atoms with Crippen LogP contribution in [0.3, 0.4) is 0 Å². The molecule has 14 heavy (non-hydrogen) atoms. The third-order valence-corrected chi connectivity index (χ3v) is 6.10. The Balaban J connectivity index is 1.98. The third-order valence-electron chi connectivity index (χ3n) is 6.10. The van der Waals surface area contributed by atoms with Crippen LogP contribution in [0.25, 0.3) is 0 Å². The van der Waals surface area contributed by atoms with E-state index in [1.807, 2.05) is 0 Å². The predicted octanol–water partition coefficient (Wildman–Crippen LogP) is 2.83. The van der Waals surface area contributed by atoms with E-state index in [4.69, 9.17) is 0 Å². The van der Waals surface area contributed by atoms with Gasteiger partial charge in [-0.05, 0) is 54.3 Å². The molecule has 3 aliphatic carbocycles. The number of hydrogen-bond donors (Lipinski definition) is 1. The average Bonchev–Trinajstić information content (AvgIpc) is 2.44. The van der Waals surface area contributed by atoms with Crippen LogP contribution in [0.2, 0.25) is 0 Å². The van der Waals surface area contributed by atoms with Gasteiger partial charge in [-0.1, -0.05) is 20.8 Å². The van der Waals surface area contributed by atoms with E-state index in [0.717, 1.165) is 24.2 Å². The molecule has 1 N–H and O–H groups in total. The summed E-state index contributed by atoms with van der Waals surface area (Å²) >= 11 is 0. The van der Waals surface area contributed by atoms with Gasteiger partial charge in [-0.15, -0.1) is 0 Å². The van der Waals surface area contributed by atoms with Crippen LogP contribution in [-0.2, 0) is 0 Å². The van der Waals surface area contributed by atoms with Crippen molar-refractivity contribution in [3.05, 3.63) is 0 Å². The first-order valence-electron chi connectivity index (χ1n) is 6.19. The fourth-order valence-corrected chi connectivity index (χ4v) is 5.00. The Morgan fingerprint density at radius 2 is 1.93 bits per heavy atom. The van der Waals surface area contributed by atoms with Crippen molar-refractivity contribution < 1.29 is 5.11 Å². The summed E-state index contributed by atoms with van der Waals surface area (Å²) in [4.78, 5) is 0. The molecule has 0 aromatic rings. The molecule has 0 aromatic heterocycles. The Kier molecular flexibility index (Phi) is 1.56. The van der Waals surface area contributed by atoms with E-state index in [-0.39, 0.29) is 6.10 Å². The lowest BCUT2D eigenvalue weighted by atomic mass is 9.48. The zero-order valence-corrected chi connectivity index (χ0v) is 9.59. The van der Waals surface area contributed by atoms with E-state index in [0.29, 0.717) is 10.8 Å². The predicted molar refractivity (Wildman–Crippen MR) is 56.8 cm³/mol. The van der Waals surface area contributed by atoms with Crippen LogP contribution in [-0.4, -0.2) is 11.2 Å². The Labute approximate surface area is 86.9 Å². The number of aliphatic hydroxyl groups is 1. The minimum absolute atomic E-state index is 0.000486. The van der Waals surface area contributed by atoms with Gasteiger partial charge in [-0.3, -0.25) is 0 Å². The van der Waals surface area contributed by atoms with Gasteiger partial charge < -0.3 is 5.11 Å². The van der Waals surface area contributed by atoms with Crippen LogP contribution < -0.4 is 0 Å². The molecule has 3 rings (SSSR count). The summed E-state index contributed by atoms with van der Waals surface area (Å²) in [7, 11) is 0. The van der Waals surface area contributed by atoms with E-state index in [1.165, 1.54) is 19.3 Å². The summed E-state index contributed by atoms with van der Waals surface area (Å²) in [5, 5.41) is 10.3. The lowest BCUT2D eigenvalue weighted by Gasteiger charge is -2.57. The van der Waals surface area contributed by atoms with Crippen molar-refractivity contribution in [2.24, 2.45) is 28.6 Å². The highest BCUT2D eigenvalue weighted by Crippen LogP contribution is 2.73. The van der Waals surface area contributed by atoms with Crippen molar-refractivity contribution in [1.82, 2.24) is 0 Å². The molecule has 1 nitrogen and oxygen atoms in total. The SMILES string of the molecule is CCC12CC3C(CC1O)C(C)(C)C3C2. The highest BCUT2D eigenvalue weighted by molar-refractivity contribution is 5.17. The van der Waals surface area contributed by atoms with E-state index in [2.05, 4.69) is 20.8 Å². The molecule has 0 aromatic carbocycles. The molecule has 0 aliphatic heterocycles. The highest BCUT2D eigenvalue weighted by atomic mass is 16.3. The fraction of sp³-hybridized carbons (Fsp3) is 1.00. The third kappa shape index (κ3) is 0.778. The molecule has 5 atom stereocenters. The normalized spacial score (nSPS) is 58.3. The first-order chi connectivity index (χ1) is 6.51. The molecule has 0 radical (unpaired) electrons. The second-order valence-corrected chi connectivity index (χ2v) is 6.57. The smallest absolute Gasteiger partial charge is 0.0599 e. The van der Waals surface area contributed by atoms with Gasteiger partial charge in [-0.2, -0.15) is 0 Å². The Morgan fingerprint density at radius 1 is 1.21 bits per heavy atom. The van der Waals surface area contributed by atoms with E-state index >= 15 is 0 Å². The van der Waals surface area contributed by atoms with E-state index in [9.17, 15) is 5.11 Å². The summed E-state index contributed by atoms with van der Waals surface area (Å²) in [6.07, 6.45) is 4.90. The Hall–Kier alpha value is -0.0400. The summed E-state index contributed by atoms with van der Waals surface area (Å²) < 4.78 is 0. The zero-order chi connectivity index (χ0) is 10.1. The number of rotatable bonds is 1. The zero-order valence-electron chi connectivity index (χ0n) is 9.59. The topological polar surface area (TPSA) is 20.2 Å². The minimum Gasteiger partial charge on any atom is -0.393 e. The maximum absolute atomic E-state index is 10.3. The molecule has 3 fully saturated rings. The molecule has 3 aliphatic rings. The van der Waals surface area contributed by atoms with Crippen LogP contribution in [0.1, 0.15) is 46.5 Å². The lowest BCUT2D eigenvalue weighted by molar-refractivity contribution is -0.115. The lowest BCUT2D eigenvalue weighted by Crippen LogP contribution is -2.53. The monoisotopic (exact) mass is 194 g/mol. The fourth-order valence-electron chi connectivity index (χ4n) is 5.00. The van der Waals surface area contributed by atoms with Crippen LogP contribution in [0.4, 0.5) is 0 Å². The molecule has 0 spiro atoms. The molecule has 80 valence electrons. The van der Waals surface area contributed by atoms with Crippen molar-refractivity contribution in [2.45, 2.75) is 52.6 Å². The largest absolute Gasteiger partial charge is 0.393 e. The Bertz CT molecular complexity index is 270. The molecule has 1 heteroatoms. The summed E-state index contributed by atoms with van der Waals surface area (Å²) in [6.45, 7) is 7.10. The highest BCUT2D eigenvalue weighted by Gasteiger charge is 2.68. The number of hydrogen-bond acceptors (Lipinski definition) is 1. The first kappa shape index (κ1) is 9.21. The van der Waals surface area contributed by atoms with Crippen LogP contribution in [0.15, 0.2) is 0 Å². The summed E-state index contributed by atoms with van der Waals surface area (Å²) in [6, 6.07) is 0. The van der Waals surface area contributed by atoms with Gasteiger partial charge in [0.15, 0.2) is 0 Å². The van der Waals surface area contributed by atoms with Crippen molar-refractivity contribution in [3.63, 3.8) is 0 Å². The van der Waals surface area contributed by atoms with Crippen molar-refractivity contribution in [2.75, 3.05) is 0 Å². The quantitative estimate of drug-likeness (QED) is 0.680. The van der Waals surface area contributed by atoms with Crippen molar-refractivity contribution in [1.29, 1.82) is 0 Å². The first-order valence-corrected chi connectivity index (χ1v) is 6.19. The number of aliphatic hydroxyl groups excluding tert-OH is 1. The maximum Gasteiger partial charge on any atom is 0.0599 e. The second kappa shape index (κ2) is 2.37. The van der Waals surface area contributed by atoms with Gasteiger partial charge in [0.25, 0.3) is 0 Å². The molecule has 0 saturated heterocycles. The average molecular weight is 194 g/mol. The van der Waals surface area contributed by atoms with Crippen LogP contribution >= 0.6 is 0 Å². The Morgan fingerprint density at radius 3 is 2.57 bits per heavy atom. The molecular formula is C13H22O. The minimum atomic E-state index is 0.000486. The summed E-state index contributed by atoms with van der Waals surface area (Å²) in [5.74, 6) is 2.71. The maximum atomic E-state index is 10.3. The van der Waals surface area contributed by atoms with Gasteiger partial charge in [0.2, 0.25) is 0 Å². The van der Waals surface area contributed by atoms with Crippen LogP contribution in [0.5, 0.6) is 0 Å². The van der Waals surface area contributed by atoms with E-state index in [1.54, 1.807) is 0 Å². The molecule has 5 unspecified atom stereocenters. The van der Waals surface area contributed by atoms with Gasteiger partial charge in [-0.25, -0.2) is 0 Å². The van der Waals surface area contributed by atoms with E-state index < -0.39 is 0 Å². The van der Waals surface area contributed by atoms with Gasteiger partial charge in [0.1, 0.15) is 0 Å². The van der Waals surface area contributed by atoms with Gasteiger partial charge in [0, 0.05) is 0 Å².